The van der Waals surface area contributed by atoms with Crippen LogP contribution in [0.25, 0.3) is 0 Å². The molecular formula is C37H54N4O19S. The van der Waals surface area contributed by atoms with Crippen molar-refractivity contribution in [3.8, 4) is 5.88 Å². The molecule has 1 aromatic rings. The SMILES string of the molecule is CC(=O)OC(C)C(=O)OC(C)C(=O)OC(C)C(=O)OCC(=O)N(C[C@@H](COc1nsnc1N1CCOCC1)OC(=O)C(C)OC(=O)C(C)OC(=O)C(C)OC(C)=O)C(C)(C)C. The summed E-state index contributed by atoms with van der Waals surface area (Å²) in [5, 5.41) is 0. The molecule has 1 aromatic heterocycles. The highest BCUT2D eigenvalue weighted by Gasteiger charge is 2.35. The van der Waals surface area contributed by atoms with E-state index in [2.05, 4.69) is 8.75 Å². The van der Waals surface area contributed by atoms with Gasteiger partial charge < -0.3 is 57.2 Å². The van der Waals surface area contributed by atoms with E-state index < -0.39 is 115 Å². The Morgan fingerprint density at radius 2 is 1.05 bits per heavy atom. The molecule has 2 heterocycles. The first-order valence-electron chi connectivity index (χ1n) is 19.0. The molecule has 0 bridgehead atoms. The van der Waals surface area contributed by atoms with Crippen LogP contribution in [0.4, 0.5) is 5.82 Å². The zero-order chi connectivity index (χ0) is 46.2. The zero-order valence-electron chi connectivity index (χ0n) is 35.9. The van der Waals surface area contributed by atoms with Gasteiger partial charge in [0.15, 0.2) is 49.3 Å². The van der Waals surface area contributed by atoms with Crippen molar-refractivity contribution in [2.24, 2.45) is 0 Å². The van der Waals surface area contributed by atoms with Crippen molar-refractivity contribution >= 4 is 71.2 Å². The predicted molar refractivity (Wildman–Crippen MR) is 205 cm³/mol. The maximum Gasteiger partial charge on any atom is 0.347 e. The summed E-state index contributed by atoms with van der Waals surface area (Å²) in [4.78, 5) is 115. The third-order valence-corrected chi connectivity index (χ3v) is 8.63. The molecule has 0 saturated carbocycles. The molecule has 61 heavy (non-hydrogen) atoms. The molecule has 7 atom stereocenters. The van der Waals surface area contributed by atoms with Crippen molar-refractivity contribution in [2.45, 2.75) is 124 Å². The van der Waals surface area contributed by atoms with Crippen LogP contribution in [-0.4, -0.2) is 162 Å². The minimum Gasteiger partial charge on any atom is -0.470 e. The molecule has 6 unspecified atom stereocenters. The van der Waals surface area contributed by atoms with Crippen LogP contribution in [0.2, 0.25) is 0 Å². The molecular weight excluding hydrogens is 836 g/mol. The Labute approximate surface area is 356 Å². The van der Waals surface area contributed by atoms with Crippen molar-refractivity contribution < 1.29 is 90.5 Å². The second-order valence-corrected chi connectivity index (χ2v) is 15.0. The Hall–Kier alpha value is -5.65. The maximum atomic E-state index is 13.7. The van der Waals surface area contributed by atoms with E-state index in [0.29, 0.717) is 32.1 Å². The first-order valence-corrected chi connectivity index (χ1v) is 19.8. The van der Waals surface area contributed by atoms with E-state index in [1.54, 1.807) is 20.8 Å². The van der Waals surface area contributed by atoms with E-state index in [4.69, 9.17) is 47.4 Å². The lowest BCUT2D eigenvalue weighted by atomic mass is 10.1. The van der Waals surface area contributed by atoms with E-state index in [9.17, 15) is 43.2 Å². The first kappa shape index (κ1) is 51.5. The molecule has 0 aromatic carbocycles. The summed E-state index contributed by atoms with van der Waals surface area (Å²) >= 11 is 0.878. The number of carbonyl (C=O) groups is 9. The van der Waals surface area contributed by atoms with Gasteiger partial charge in [0.2, 0.25) is 5.82 Å². The summed E-state index contributed by atoms with van der Waals surface area (Å²) in [5.74, 6) is -8.27. The molecule has 1 aliphatic heterocycles. The molecule has 0 radical (unpaired) electrons. The number of ether oxygens (including phenoxy) is 10. The summed E-state index contributed by atoms with van der Waals surface area (Å²) < 4.78 is 60.3. The van der Waals surface area contributed by atoms with Crippen LogP contribution in [0.5, 0.6) is 5.88 Å². The lowest BCUT2D eigenvalue weighted by molar-refractivity contribution is -0.184. The highest BCUT2D eigenvalue weighted by atomic mass is 32.1. The number of hydrogen-bond acceptors (Lipinski definition) is 23. The number of carbonyl (C=O) groups excluding carboxylic acids is 9. The molecule has 0 N–H and O–H groups in total. The number of amides is 1. The molecule has 0 spiro atoms. The number of esters is 8. The number of nitrogens with zero attached hydrogens (tertiary/aromatic N) is 4. The normalized spacial score (nSPS) is 16.1. The number of morpholine rings is 1. The van der Waals surface area contributed by atoms with Crippen molar-refractivity contribution in [2.75, 3.05) is 51.0 Å². The average Bonchev–Trinajstić information content (AvgIpc) is 3.65. The van der Waals surface area contributed by atoms with Crippen LogP contribution in [0, 0.1) is 0 Å². The van der Waals surface area contributed by atoms with Gasteiger partial charge >= 0.3 is 47.8 Å². The average molecular weight is 891 g/mol. The zero-order valence-corrected chi connectivity index (χ0v) is 36.8. The Balaban J connectivity index is 2.18. The van der Waals surface area contributed by atoms with E-state index in [0.717, 1.165) is 32.5 Å². The minimum atomic E-state index is -1.57. The van der Waals surface area contributed by atoms with E-state index in [1.165, 1.54) is 39.5 Å². The highest BCUT2D eigenvalue weighted by Crippen LogP contribution is 2.27. The summed E-state index contributed by atoms with van der Waals surface area (Å²) in [6, 6.07) is 0. The monoisotopic (exact) mass is 890 g/mol. The second-order valence-electron chi connectivity index (χ2n) is 14.5. The van der Waals surface area contributed by atoms with Crippen molar-refractivity contribution in [1.82, 2.24) is 13.6 Å². The summed E-state index contributed by atoms with van der Waals surface area (Å²) in [7, 11) is 0. The van der Waals surface area contributed by atoms with Crippen LogP contribution >= 0.6 is 11.7 Å². The number of hydrogen-bond donors (Lipinski definition) is 0. The van der Waals surface area contributed by atoms with Crippen LogP contribution in [0.15, 0.2) is 0 Å². The Kier molecular flexibility index (Phi) is 20.2. The van der Waals surface area contributed by atoms with E-state index in [-0.39, 0.29) is 12.4 Å². The summed E-state index contributed by atoms with van der Waals surface area (Å²) in [5.41, 5.74) is -1.00. The van der Waals surface area contributed by atoms with Gasteiger partial charge in [-0.05, 0) is 62.3 Å². The Bertz CT molecular complexity index is 1720. The Morgan fingerprint density at radius 1 is 0.639 bits per heavy atom. The van der Waals surface area contributed by atoms with Gasteiger partial charge in [-0.1, -0.05) is 0 Å². The lowest BCUT2D eigenvalue weighted by Crippen LogP contribution is -2.53. The molecule has 1 amide bonds. The van der Waals surface area contributed by atoms with Crippen LogP contribution in [-0.2, 0) is 85.8 Å². The third-order valence-electron chi connectivity index (χ3n) is 8.13. The molecule has 23 nitrogen and oxygen atoms in total. The summed E-state index contributed by atoms with van der Waals surface area (Å²) in [6.07, 6.45) is -10.0. The number of anilines is 1. The molecule has 0 aliphatic carbocycles. The van der Waals surface area contributed by atoms with Gasteiger partial charge in [0, 0.05) is 32.5 Å². The highest BCUT2D eigenvalue weighted by molar-refractivity contribution is 6.99. The fourth-order valence-corrected chi connectivity index (χ4v) is 5.46. The molecule has 2 rings (SSSR count). The molecule has 342 valence electrons. The Morgan fingerprint density at radius 3 is 1.48 bits per heavy atom. The van der Waals surface area contributed by atoms with E-state index >= 15 is 0 Å². The van der Waals surface area contributed by atoms with Crippen LogP contribution in [0.1, 0.15) is 76.2 Å². The fourth-order valence-electron chi connectivity index (χ4n) is 4.94. The fraction of sp³-hybridized carbons (Fsp3) is 0.703. The van der Waals surface area contributed by atoms with Crippen molar-refractivity contribution in [3.63, 3.8) is 0 Å². The number of rotatable bonds is 21. The van der Waals surface area contributed by atoms with Crippen LogP contribution < -0.4 is 9.64 Å². The van der Waals surface area contributed by atoms with Crippen molar-refractivity contribution in [1.29, 1.82) is 0 Å². The largest absolute Gasteiger partial charge is 0.470 e. The lowest BCUT2D eigenvalue weighted by Gasteiger charge is -2.38. The van der Waals surface area contributed by atoms with Gasteiger partial charge in [0.1, 0.15) is 6.61 Å². The minimum absolute atomic E-state index is 0.111. The number of aromatic nitrogens is 2. The van der Waals surface area contributed by atoms with E-state index in [1.807, 2.05) is 4.90 Å². The van der Waals surface area contributed by atoms with Gasteiger partial charge in [-0.25, -0.2) is 28.8 Å². The van der Waals surface area contributed by atoms with Crippen molar-refractivity contribution in [3.05, 3.63) is 0 Å². The topological polar surface area (TPSA) is 278 Å². The predicted octanol–water partition coefficient (Wildman–Crippen LogP) is 0.466. The third kappa shape index (κ3) is 17.5. The standard InChI is InChI=1S/C37H54N4O19S/c1-19(56-34(48)22(4)57-32(46)20(2)54-25(7)42)31(45)53-18-28(44)41(37(9,10)11)16-27(17-52-30-29(38-61-39-30)40-12-14-51-15-13-40)60-36(50)24(6)59-35(49)23(5)58-33(47)21(3)55-26(8)43/h19-24,27H,12-18H2,1-11H3/t19?,20?,21?,22?,23?,24?,27-/m0/s1. The van der Waals surface area contributed by atoms with Gasteiger partial charge in [-0.15, -0.1) is 4.37 Å². The molecule has 1 fully saturated rings. The van der Waals surface area contributed by atoms with Crippen LogP contribution in [0.3, 0.4) is 0 Å². The van der Waals surface area contributed by atoms with Gasteiger partial charge in [-0.3, -0.25) is 14.4 Å². The molecule has 1 saturated heterocycles. The first-order chi connectivity index (χ1) is 28.4. The molecule has 1 aliphatic rings. The van der Waals surface area contributed by atoms with Gasteiger partial charge in [-0.2, -0.15) is 4.37 Å². The van der Waals surface area contributed by atoms with Gasteiger partial charge in [0.05, 0.1) is 31.5 Å². The quantitative estimate of drug-likeness (QED) is 0.120. The van der Waals surface area contributed by atoms with Gasteiger partial charge in [0.25, 0.3) is 11.8 Å². The second kappa shape index (κ2) is 24.0. The summed E-state index contributed by atoms with van der Waals surface area (Å²) in [6.45, 7) is 14.6. The molecule has 24 heteroatoms. The smallest absolute Gasteiger partial charge is 0.347 e. The maximum absolute atomic E-state index is 13.7.